The van der Waals surface area contributed by atoms with Gasteiger partial charge >= 0.3 is 0 Å². The Balaban J connectivity index is 1.95. The molecule has 82 valence electrons. The smallest absolute Gasteiger partial charge is 0.181 e. The van der Waals surface area contributed by atoms with Gasteiger partial charge in [-0.3, -0.25) is 4.79 Å². The molecular formula is C12H12N2O2. The average molecular weight is 216 g/mol. The summed E-state index contributed by atoms with van der Waals surface area (Å²) in [4.78, 5) is 16.1. The van der Waals surface area contributed by atoms with Gasteiger partial charge < -0.3 is 9.73 Å². The van der Waals surface area contributed by atoms with Crippen LogP contribution in [-0.4, -0.2) is 23.9 Å². The molecule has 1 aliphatic rings. The van der Waals surface area contributed by atoms with E-state index in [1.54, 1.807) is 6.07 Å². The molecule has 0 spiro atoms. The maximum atomic E-state index is 12.1. The fourth-order valence-electron chi connectivity index (χ4n) is 2.12. The van der Waals surface area contributed by atoms with E-state index in [1.807, 2.05) is 12.1 Å². The zero-order valence-corrected chi connectivity index (χ0v) is 8.77. The highest BCUT2D eigenvalue weighted by Crippen LogP contribution is 2.19. The predicted molar refractivity (Wildman–Crippen MR) is 59.3 cm³/mol. The van der Waals surface area contributed by atoms with E-state index in [2.05, 4.69) is 10.3 Å². The van der Waals surface area contributed by atoms with E-state index in [9.17, 15) is 4.79 Å². The van der Waals surface area contributed by atoms with Crippen LogP contribution in [-0.2, 0) is 0 Å². The van der Waals surface area contributed by atoms with Crippen LogP contribution in [0.2, 0.25) is 0 Å². The van der Waals surface area contributed by atoms with Crippen LogP contribution < -0.4 is 5.32 Å². The van der Waals surface area contributed by atoms with Gasteiger partial charge in [0.25, 0.3) is 0 Å². The monoisotopic (exact) mass is 216 g/mol. The lowest BCUT2D eigenvalue weighted by molar-refractivity contribution is 0.0930. The number of nitrogens with one attached hydrogen (secondary N) is 1. The first-order valence-corrected chi connectivity index (χ1v) is 5.43. The SMILES string of the molecule is O=C(c1ccc2ncoc2c1)C1CCNC1. The lowest BCUT2D eigenvalue weighted by Crippen LogP contribution is -2.17. The maximum absolute atomic E-state index is 12.1. The van der Waals surface area contributed by atoms with Gasteiger partial charge in [-0.1, -0.05) is 0 Å². The number of rotatable bonds is 2. The largest absolute Gasteiger partial charge is 0.443 e. The number of hydrogen-bond acceptors (Lipinski definition) is 4. The number of nitrogens with zero attached hydrogens (tertiary/aromatic N) is 1. The zero-order chi connectivity index (χ0) is 11.0. The Morgan fingerprint density at radius 3 is 3.25 bits per heavy atom. The lowest BCUT2D eigenvalue weighted by atomic mass is 9.97. The Bertz CT molecular complexity index is 527. The van der Waals surface area contributed by atoms with Crippen LogP contribution in [0.4, 0.5) is 0 Å². The Hall–Kier alpha value is -1.68. The minimum Gasteiger partial charge on any atom is -0.443 e. The van der Waals surface area contributed by atoms with Gasteiger partial charge in [0.15, 0.2) is 17.8 Å². The summed E-state index contributed by atoms with van der Waals surface area (Å²) in [7, 11) is 0. The summed E-state index contributed by atoms with van der Waals surface area (Å²) in [5.74, 6) is 0.309. The number of carbonyl (C=O) groups is 1. The van der Waals surface area contributed by atoms with E-state index in [1.165, 1.54) is 6.39 Å². The molecule has 0 radical (unpaired) electrons. The van der Waals surface area contributed by atoms with Crippen molar-refractivity contribution in [3.05, 3.63) is 30.2 Å². The van der Waals surface area contributed by atoms with Crippen molar-refractivity contribution in [2.45, 2.75) is 6.42 Å². The molecule has 1 N–H and O–H groups in total. The third kappa shape index (κ3) is 1.51. The van der Waals surface area contributed by atoms with Gasteiger partial charge in [-0.25, -0.2) is 4.98 Å². The summed E-state index contributed by atoms with van der Waals surface area (Å²) in [5.41, 5.74) is 2.19. The molecule has 16 heavy (non-hydrogen) atoms. The summed E-state index contributed by atoms with van der Waals surface area (Å²) >= 11 is 0. The molecule has 1 saturated heterocycles. The van der Waals surface area contributed by atoms with Crippen molar-refractivity contribution < 1.29 is 9.21 Å². The predicted octanol–water partition coefficient (Wildman–Crippen LogP) is 1.62. The zero-order valence-electron chi connectivity index (χ0n) is 8.77. The average Bonchev–Trinajstić information content (AvgIpc) is 2.98. The van der Waals surface area contributed by atoms with E-state index in [-0.39, 0.29) is 11.7 Å². The van der Waals surface area contributed by atoms with E-state index in [0.717, 1.165) is 30.6 Å². The van der Waals surface area contributed by atoms with Gasteiger partial charge in [0.2, 0.25) is 0 Å². The summed E-state index contributed by atoms with van der Waals surface area (Å²) in [5, 5.41) is 3.20. The molecule has 1 atom stereocenters. The van der Waals surface area contributed by atoms with Gasteiger partial charge in [-0.05, 0) is 31.2 Å². The molecule has 1 aromatic heterocycles. The second-order valence-electron chi connectivity index (χ2n) is 4.09. The number of benzene rings is 1. The van der Waals surface area contributed by atoms with Crippen molar-refractivity contribution in [1.29, 1.82) is 0 Å². The van der Waals surface area contributed by atoms with E-state index >= 15 is 0 Å². The van der Waals surface area contributed by atoms with Crippen LogP contribution in [0, 0.1) is 5.92 Å². The molecule has 0 amide bonds. The van der Waals surface area contributed by atoms with Crippen molar-refractivity contribution in [2.24, 2.45) is 5.92 Å². The van der Waals surface area contributed by atoms with Gasteiger partial charge in [0, 0.05) is 18.0 Å². The number of Topliss-reactive ketones (excluding diaryl/α,β-unsaturated/α-hetero) is 1. The number of carbonyl (C=O) groups excluding carboxylic acids is 1. The Kier molecular flexibility index (Phi) is 2.22. The van der Waals surface area contributed by atoms with E-state index < -0.39 is 0 Å². The van der Waals surface area contributed by atoms with Crippen molar-refractivity contribution >= 4 is 16.9 Å². The van der Waals surface area contributed by atoms with Crippen LogP contribution in [0.3, 0.4) is 0 Å². The highest BCUT2D eigenvalue weighted by molar-refractivity contribution is 6.00. The van der Waals surface area contributed by atoms with Crippen LogP contribution in [0.1, 0.15) is 16.8 Å². The second-order valence-corrected chi connectivity index (χ2v) is 4.09. The quantitative estimate of drug-likeness (QED) is 0.775. The minimum atomic E-state index is 0.111. The fraction of sp³-hybridized carbons (Fsp3) is 0.333. The highest BCUT2D eigenvalue weighted by atomic mass is 16.3. The molecule has 0 bridgehead atoms. The summed E-state index contributed by atoms with van der Waals surface area (Å²) < 4.78 is 5.19. The van der Waals surface area contributed by atoms with E-state index in [0.29, 0.717) is 5.58 Å². The number of fused-ring (bicyclic) bond motifs is 1. The maximum Gasteiger partial charge on any atom is 0.181 e. The van der Waals surface area contributed by atoms with Crippen LogP contribution in [0.5, 0.6) is 0 Å². The Morgan fingerprint density at radius 1 is 1.50 bits per heavy atom. The highest BCUT2D eigenvalue weighted by Gasteiger charge is 2.23. The standard InChI is InChI=1S/C12H12N2O2/c15-12(9-3-4-13-6-9)8-1-2-10-11(5-8)16-7-14-10/h1-2,5,7,9,13H,3-4,6H2. The first-order valence-electron chi connectivity index (χ1n) is 5.43. The van der Waals surface area contributed by atoms with Gasteiger partial charge in [0.1, 0.15) is 5.52 Å². The second kappa shape index (κ2) is 3.72. The topological polar surface area (TPSA) is 55.1 Å². The fourth-order valence-corrected chi connectivity index (χ4v) is 2.12. The third-order valence-corrected chi connectivity index (χ3v) is 3.05. The summed E-state index contributed by atoms with van der Waals surface area (Å²) in [6.45, 7) is 1.72. The molecule has 4 heteroatoms. The molecule has 1 fully saturated rings. The molecular weight excluding hydrogens is 204 g/mol. The molecule has 4 nitrogen and oxygen atoms in total. The van der Waals surface area contributed by atoms with Gasteiger partial charge in [-0.2, -0.15) is 0 Å². The summed E-state index contributed by atoms with van der Waals surface area (Å²) in [6.07, 6.45) is 2.32. The molecule has 1 aliphatic heterocycles. The van der Waals surface area contributed by atoms with Crippen molar-refractivity contribution in [3.8, 4) is 0 Å². The summed E-state index contributed by atoms with van der Waals surface area (Å²) in [6, 6.07) is 5.43. The number of ketones is 1. The molecule has 1 aromatic carbocycles. The minimum absolute atomic E-state index is 0.111. The van der Waals surface area contributed by atoms with Crippen molar-refractivity contribution in [2.75, 3.05) is 13.1 Å². The van der Waals surface area contributed by atoms with Crippen LogP contribution in [0.25, 0.3) is 11.1 Å². The first kappa shape index (κ1) is 9.54. The molecule has 0 saturated carbocycles. The molecule has 2 heterocycles. The normalized spacial score (nSPS) is 20.4. The molecule has 3 rings (SSSR count). The molecule has 1 unspecified atom stereocenters. The number of oxazole rings is 1. The Morgan fingerprint density at radius 2 is 2.44 bits per heavy atom. The number of hydrogen-bond donors (Lipinski definition) is 1. The van der Waals surface area contributed by atoms with Crippen molar-refractivity contribution in [3.63, 3.8) is 0 Å². The Labute approximate surface area is 92.7 Å². The van der Waals surface area contributed by atoms with Crippen LogP contribution >= 0.6 is 0 Å². The molecule has 0 aliphatic carbocycles. The first-order chi connectivity index (χ1) is 7.84. The van der Waals surface area contributed by atoms with Crippen molar-refractivity contribution in [1.82, 2.24) is 10.3 Å². The number of aromatic nitrogens is 1. The van der Waals surface area contributed by atoms with Gasteiger partial charge in [-0.15, -0.1) is 0 Å². The van der Waals surface area contributed by atoms with Crippen LogP contribution in [0.15, 0.2) is 29.0 Å². The van der Waals surface area contributed by atoms with Gasteiger partial charge in [0.05, 0.1) is 0 Å². The lowest BCUT2D eigenvalue weighted by Gasteiger charge is -2.06. The van der Waals surface area contributed by atoms with E-state index in [4.69, 9.17) is 4.42 Å². The molecule has 2 aromatic rings. The third-order valence-electron chi connectivity index (χ3n) is 3.05.